The first-order valence-electron chi connectivity index (χ1n) is 5.48. The van der Waals surface area contributed by atoms with Crippen molar-refractivity contribution in [3.05, 3.63) is 41.9 Å². The van der Waals surface area contributed by atoms with E-state index in [9.17, 15) is 13.2 Å². The lowest BCUT2D eigenvalue weighted by atomic mass is 10.1. The van der Waals surface area contributed by atoms with E-state index in [4.69, 9.17) is 5.26 Å². The van der Waals surface area contributed by atoms with Gasteiger partial charge in [0.2, 0.25) is 0 Å². The number of alkyl halides is 3. The average Bonchev–Trinajstić information content (AvgIpc) is 2.40. The van der Waals surface area contributed by atoms with Crippen LogP contribution in [0.1, 0.15) is 11.3 Å². The number of ether oxygens (including phenoxy) is 1. The Bertz CT molecular complexity index is 677. The van der Waals surface area contributed by atoms with Crippen molar-refractivity contribution in [2.75, 3.05) is 0 Å². The van der Waals surface area contributed by atoms with Crippen molar-refractivity contribution in [1.82, 2.24) is 9.97 Å². The number of benzene rings is 1. The van der Waals surface area contributed by atoms with Crippen molar-refractivity contribution in [3.8, 4) is 23.1 Å². The number of aromatic nitrogens is 2. The summed E-state index contributed by atoms with van der Waals surface area (Å²) < 4.78 is 40.4. The van der Waals surface area contributed by atoms with Crippen LogP contribution >= 0.6 is 0 Å². The Kier molecular flexibility index (Phi) is 3.57. The van der Waals surface area contributed by atoms with Gasteiger partial charge in [0.15, 0.2) is 0 Å². The molecule has 0 saturated heterocycles. The van der Waals surface area contributed by atoms with Gasteiger partial charge in [-0.3, -0.25) is 0 Å². The van der Waals surface area contributed by atoms with E-state index in [0.29, 0.717) is 16.8 Å². The third kappa shape index (κ3) is 3.23. The van der Waals surface area contributed by atoms with Gasteiger partial charge in [-0.15, -0.1) is 13.2 Å². The van der Waals surface area contributed by atoms with Crippen LogP contribution in [0.5, 0.6) is 5.75 Å². The monoisotopic (exact) mass is 279 g/mol. The molecule has 7 heteroatoms. The number of hydrogen-bond acceptors (Lipinski definition) is 4. The lowest BCUT2D eigenvalue weighted by Gasteiger charge is -2.12. The largest absolute Gasteiger partial charge is 0.573 e. The number of halogens is 3. The molecule has 20 heavy (non-hydrogen) atoms. The van der Waals surface area contributed by atoms with E-state index in [1.165, 1.54) is 37.5 Å². The minimum absolute atomic E-state index is 0.184. The summed E-state index contributed by atoms with van der Waals surface area (Å²) in [6, 6.07) is 7.49. The highest BCUT2D eigenvalue weighted by atomic mass is 19.4. The molecule has 0 fully saturated rings. The molecule has 0 radical (unpaired) electrons. The highest BCUT2D eigenvalue weighted by molar-refractivity contribution is 5.62. The molecular weight excluding hydrogens is 271 g/mol. The van der Waals surface area contributed by atoms with Gasteiger partial charge >= 0.3 is 6.36 Å². The Morgan fingerprint density at radius 3 is 2.55 bits per heavy atom. The molecule has 0 spiro atoms. The Labute approximate surface area is 112 Å². The number of rotatable bonds is 2. The van der Waals surface area contributed by atoms with Crippen LogP contribution in [0, 0.1) is 18.3 Å². The fourth-order valence-electron chi connectivity index (χ4n) is 1.62. The number of aryl methyl sites for hydroxylation is 1. The number of nitriles is 1. The smallest absolute Gasteiger partial charge is 0.406 e. The first-order valence-corrected chi connectivity index (χ1v) is 5.48. The van der Waals surface area contributed by atoms with Crippen molar-refractivity contribution in [2.45, 2.75) is 13.3 Å². The van der Waals surface area contributed by atoms with Gasteiger partial charge in [-0.1, -0.05) is 0 Å². The standard InChI is InChI=1S/C13H8F3N3O/c1-8-4-9(2-3-12(8)20-13(14,15)16)11-5-10(6-17)18-7-19-11/h2-5,7H,1H3. The molecule has 0 aliphatic heterocycles. The average molecular weight is 279 g/mol. The first kappa shape index (κ1) is 13.8. The second-order valence-corrected chi connectivity index (χ2v) is 3.93. The fraction of sp³-hybridized carbons (Fsp3) is 0.154. The van der Waals surface area contributed by atoms with E-state index in [-0.39, 0.29) is 11.4 Å². The number of nitrogens with zero attached hydrogens (tertiary/aromatic N) is 3. The molecule has 1 heterocycles. The summed E-state index contributed by atoms with van der Waals surface area (Å²) in [5.74, 6) is -0.268. The zero-order valence-corrected chi connectivity index (χ0v) is 10.3. The second kappa shape index (κ2) is 5.17. The Morgan fingerprint density at radius 2 is 1.95 bits per heavy atom. The van der Waals surface area contributed by atoms with Crippen LogP contribution in [0.4, 0.5) is 13.2 Å². The first-order chi connectivity index (χ1) is 9.39. The van der Waals surface area contributed by atoms with Crippen LogP contribution in [0.15, 0.2) is 30.6 Å². The van der Waals surface area contributed by atoms with Gasteiger partial charge in [-0.25, -0.2) is 9.97 Å². The van der Waals surface area contributed by atoms with Gasteiger partial charge in [0.1, 0.15) is 23.8 Å². The van der Waals surface area contributed by atoms with Gasteiger partial charge in [0, 0.05) is 11.6 Å². The maximum Gasteiger partial charge on any atom is 0.573 e. The second-order valence-electron chi connectivity index (χ2n) is 3.93. The van der Waals surface area contributed by atoms with E-state index in [2.05, 4.69) is 14.7 Å². The Hall–Kier alpha value is -2.62. The Morgan fingerprint density at radius 1 is 1.20 bits per heavy atom. The molecule has 0 aliphatic carbocycles. The molecule has 0 aliphatic rings. The van der Waals surface area contributed by atoms with Crippen LogP contribution in [-0.4, -0.2) is 16.3 Å². The zero-order chi connectivity index (χ0) is 14.8. The predicted molar refractivity (Wildman–Crippen MR) is 63.6 cm³/mol. The van der Waals surface area contributed by atoms with Crippen molar-refractivity contribution < 1.29 is 17.9 Å². The van der Waals surface area contributed by atoms with Crippen LogP contribution in [0.2, 0.25) is 0 Å². The van der Waals surface area contributed by atoms with Gasteiger partial charge in [-0.05, 0) is 30.7 Å². The summed E-state index contributed by atoms with van der Waals surface area (Å²) in [5, 5.41) is 8.75. The van der Waals surface area contributed by atoms with Gasteiger partial charge < -0.3 is 4.74 Å². The molecule has 0 unspecified atom stereocenters. The van der Waals surface area contributed by atoms with E-state index in [1.54, 1.807) is 0 Å². The summed E-state index contributed by atoms with van der Waals surface area (Å²) in [6.07, 6.45) is -3.50. The number of hydrogen-bond donors (Lipinski definition) is 0. The van der Waals surface area contributed by atoms with Crippen molar-refractivity contribution in [1.29, 1.82) is 5.26 Å². The molecular formula is C13H8F3N3O. The quantitative estimate of drug-likeness (QED) is 0.846. The van der Waals surface area contributed by atoms with Crippen molar-refractivity contribution >= 4 is 0 Å². The van der Waals surface area contributed by atoms with Crippen molar-refractivity contribution in [3.63, 3.8) is 0 Å². The lowest BCUT2D eigenvalue weighted by Crippen LogP contribution is -2.17. The van der Waals surface area contributed by atoms with E-state index in [1.807, 2.05) is 6.07 Å². The maximum absolute atomic E-state index is 12.2. The lowest BCUT2D eigenvalue weighted by molar-refractivity contribution is -0.274. The zero-order valence-electron chi connectivity index (χ0n) is 10.3. The summed E-state index contributed by atoms with van der Waals surface area (Å²) in [7, 11) is 0. The van der Waals surface area contributed by atoms with Gasteiger partial charge in [-0.2, -0.15) is 5.26 Å². The minimum atomic E-state index is -4.73. The van der Waals surface area contributed by atoms with Crippen LogP contribution in [-0.2, 0) is 0 Å². The molecule has 1 aromatic carbocycles. The summed E-state index contributed by atoms with van der Waals surface area (Å²) in [5.41, 5.74) is 1.54. The molecule has 4 nitrogen and oxygen atoms in total. The SMILES string of the molecule is Cc1cc(-c2cc(C#N)ncn2)ccc1OC(F)(F)F. The topological polar surface area (TPSA) is 58.8 Å². The van der Waals surface area contributed by atoms with Crippen LogP contribution < -0.4 is 4.74 Å². The summed E-state index contributed by atoms with van der Waals surface area (Å²) in [6.45, 7) is 1.50. The molecule has 2 aromatic rings. The predicted octanol–water partition coefficient (Wildman–Crippen LogP) is 3.22. The molecule has 0 N–H and O–H groups in total. The molecule has 0 atom stereocenters. The molecule has 102 valence electrons. The molecule has 0 amide bonds. The third-order valence-electron chi connectivity index (χ3n) is 2.48. The molecule has 2 rings (SSSR count). The van der Waals surface area contributed by atoms with Gasteiger partial charge in [0.25, 0.3) is 0 Å². The highest BCUT2D eigenvalue weighted by Crippen LogP contribution is 2.29. The minimum Gasteiger partial charge on any atom is -0.406 e. The van der Waals surface area contributed by atoms with Crippen LogP contribution in [0.25, 0.3) is 11.3 Å². The Balaban J connectivity index is 2.36. The maximum atomic E-state index is 12.2. The summed E-state index contributed by atoms with van der Waals surface area (Å²) >= 11 is 0. The van der Waals surface area contributed by atoms with Gasteiger partial charge in [0.05, 0.1) is 5.69 Å². The van der Waals surface area contributed by atoms with E-state index < -0.39 is 6.36 Å². The van der Waals surface area contributed by atoms with E-state index in [0.717, 1.165) is 0 Å². The third-order valence-corrected chi connectivity index (χ3v) is 2.48. The highest BCUT2D eigenvalue weighted by Gasteiger charge is 2.31. The fourth-order valence-corrected chi connectivity index (χ4v) is 1.62. The summed E-state index contributed by atoms with van der Waals surface area (Å²) in [4.78, 5) is 7.70. The normalized spacial score (nSPS) is 10.9. The van der Waals surface area contributed by atoms with Crippen molar-refractivity contribution in [2.24, 2.45) is 0 Å². The molecule has 1 aromatic heterocycles. The van der Waals surface area contributed by atoms with E-state index >= 15 is 0 Å². The molecule has 0 saturated carbocycles. The molecule has 0 bridgehead atoms. The van der Waals surface area contributed by atoms with Crippen LogP contribution in [0.3, 0.4) is 0 Å².